The number of carbonyl (C=O) groups is 6. The van der Waals surface area contributed by atoms with Crippen LogP contribution in [-0.2, 0) is 38.2 Å². The molecule has 0 fully saturated rings. The van der Waals surface area contributed by atoms with E-state index >= 15 is 0 Å². The maximum Gasteiger partial charge on any atom is 0.308 e. The second-order valence-corrected chi connectivity index (χ2v) is 13.5. The number of ether oxygens (including phenoxy) is 2. The van der Waals surface area contributed by atoms with Crippen molar-refractivity contribution in [2.75, 3.05) is 6.61 Å². The highest BCUT2D eigenvalue weighted by Crippen LogP contribution is 2.13. The van der Waals surface area contributed by atoms with Gasteiger partial charge >= 0.3 is 11.9 Å². The third-order valence-electron chi connectivity index (χ3n) is 5.74. The van der Waals surface area contributed by atoms with Gasteiger partial charge in [-0.2, -0.15) is 0 Å². The molecule has 0 saturated heterocycles. The van der Waals surface area contributed by atoms with Gasteiger partial charge in [-0.3, -0.25) is 28.8 Å². The van der Waals surface area contributed by atoms with Gasteiger partial charge < -0.3 is 35.8 Å². The molecule has 4 amide bonds. The maximum absolute atomic E-state index is 13.5. The number of nitrogens with one attached hydrogen (secondary N) is 4. The summed E-state index contributed by atoms with van der Waals surface area (Å²) in [4.78, 5) is 76.2. The van der Waals surface area contributed by atoms with E-state index in [2.05, 4.69) is 21.3 Å². The lowest BCUT2D eigenvalue weighted by Crippen LogP contribution is -2.58. The highest BCUT2D eigenvalue weighted by molar-refractivity contribution is 5.94. The molecule has 0 unspecified atom stereocenters. The Kier molecular flexibility index (Phi) is 16.5. The Morgan fingerprint density at radius 1 is 0.698 bits per heavy atom. The van der Waals surface area contributed by atoms with Gasteiger partial charge in [0.05, 0.1) is 19.1 Å². The standard InChI is InChI=1S/C30H54N4O9/c1-17(2)14-22(31-19(5)36)27(40)33-21(12-13-23(37)42-29(6,7)8)26(39)34-25(18(3)4)28(41)32-20(16-35)15-24(38)43-30(9,10)11/h17-18,20-22,25,35H,12-16H2,1-11H3,(H,31,36)(H,32,41)(H,33,40)(H,34,39)/t20-,21-,22-,25-/m0/s1. The van der Waals surface area contributed by atoms with Gasteiger partial charge in [0.25, 0.3) is 0 Å². The first kappa shape index (κ1) is 39.8. The summed E-state index contributed by atoms with van der Waals surface area (Å²) in [5.41, 5.74) is -1.50. The summed E-state index contributed by atoms with van der Waals surface area (Å²) in [7, 11) is 0. The van der Waals surface area contributed by atoms with Crippen molar-refractivity contribution in [2.24, 2.45) is 11.8 Å². The normalized spacial score (nSPS) is 14.7. The molecule has 0 rings (SSSR count). The van der Waals surface area contributed by atoms with Gasteiger partial charge in [-0.1, -0.05) is 27.7 Å². The number of carbonyl (C=O) groups excluding carboxylic acids is 6. The van der Waals surface area contributed by atoms with Gasteiger partial charge in [0.15, 0.2) is 0 Å². The van der Waals surface area contributed by atoms with Gasteiger partial charge in [0, 0.05) is 13.3 Å². The Morgan fingerprint density at radius 3 is 1.65 bits per heavy atom. The van der Waals surface area contributed by atoms with Gasteiger partial charge in [-0.25, -0.2) is 0 Å². The van der Waals surface area contributed by atoms with Crippen LogP contribution in [0.5, 0.6) is 0 Å². The Morgan fingerprint density at radius 2 is 1.21 bits per heavy atom. The topological polar surface area (TPSA) is 189 Å². The van der Waals surface area contributed by atoms with Crippen molar-refractivity contribution in [3.8, 4) is 0 Å². The summed E-state index contributed by atoms with van der Waals surface area (Å²) in [6.45, 7) is 18.1. The summed E-state index contributed by atoms with van der Waals surface area (Å²) in [5.74, 6) is -3.99. The van der Waals surface area contributed by atoms with Gasteiger partial charge in [-0.15, -0.1) is 0 Å². The molecule has 0 aromatic heterocycles. The molecule has 0 spiro atoms. The molecule has 0 aromatic rings. The molecule has 0 bridgehead atoms. The molecule has 13 heteroatoms. The molecule has 0 radical (unpaired) electrons. The van der Waals surface area contributed by atoms with Crippen LogP contribution in [0.15, 0.2) is 0 Å². The number of amides is 4. The van der Waals surface area contributed by atoms with Crippen LogP contribution in [0.1, 0.15) is 102 Å². The number of aliphatic hydroxyl groups is 1. The van der Waals surface area contributed by atoms with E-state index in [1.165, 1.54) is 6.92 Å². The van der Waals surface area contributed by atoms with Gasteiger partial charge in [-0.05, 0) is 66.2 Å². The van der Waals surface area contributed by atoms with Crippen LogP contribution >= 0.6 is 0 Å². The van der Waals surface area contributed by atoms with Crippen molar-refractivity contribution in [1.29, 1.82) is 0 Å². The van der Waals surface area contributed by atoms with E-state index in [1.807, 2.05) is 13.8 Å². The van der Waals surface area contributed by atoms with E-state index in [0.29, 0.717) is 6.42 Å². The zero-order chi connectivity index (χ0) is 33.7. The monoisotopic (exact) mass is 614 g/mol. The van der Waals surface area contributed by atoms with Crippen LogP contribution in [0, 0.1) is 11.8 Å². The first-order chi connectivity index (χ1) is 19.5. The van der Waals surface area contributed by atoms with Gasteiger partial charge in [0.2, 0.25) is 23.6 Å². The Hall–Kier alpha value is -3.22. The molecule has 248 valence electrons. The molecule has 0 aliphatic carbocycles. The number of rotatable bonds is 16. The lowest BCUT2D eigenvalue weighted by molar-refractivity contribution is -0.156. The van der Waals surface area contributed by atoms with Crippen molar-refractivity contribution >= 4 is 35.6 Å². The van der Waals surface area contributed by atoms with E-state index in [1.54, 1.807) is 55.4 Å². The zero-order valence-electron chi connectivity index (χ0n) is 27.7. The Labute approximate surface area is 256 Å². The van der Waals surface area contributed by atoms with Crippen molar-refractivity contribution < 1.29 is 43.3 Å². The van der Waals surface area contributed by atoms with Crippen LogP contribution in [-0.4, -0.2) is 82.7 Å². The van der Waals surface area contributed by atoms with Crippen LogP contribution in [0.4, 0.5) is 0 Å². The summed E-state index contributed by atoms with van der Waals surface area (Å²) in [6, 6.07) is -4.23. The molecule has 13 nitrogen and oxygen atoms in total. The van der Waals surface area contributed by atoms with Crippen LogP contribution < -0.4 is 21.3 Å². The van der Waals surface area contributed by atoms with Crippen molar-refractivity contribution in [2.45, 2.75) is 137 Å². The quantitative estimate of drug-likeness (QED) is 0.160. The SMILES string of the molecule is CC(=O)N[C@@H](CC(C)C)C(=O)N[C@@H](CCC(=O)OC(C)(C)C)C(=O)N[C@H](C(=O)N[C@H](CO)CC(=O)OC(C)(C)C)C(C)C. The van der Waals surface area contributed by atoms with Crippen molar-refractivity contribution in [3.63, 3.8) is 0 Å². The van der Waals surface area contributed by atoms with Crippen LogP contribution in [0.25, 0.3) is 0 Å². The zero-order valence-corrected chi connectivity index (χ0v) is 27.7. The molecule has 43 heavy (non-hydrogen) atoms. The van der Waals surface area contributed by atoms with Crippen molar-refractivity contribution in [1.82, 2.24) is 21.3 Å². The second-order valence-electron chi connectivity index (χ2n) is 13.5. The molecule has 5 N–H and O–H groups in total. The van der Waals surface area contributed by atoms with Crippen LogP contribution in [0.2, 0.25) is 0 Å². The van der Waals surface area contributed by atoms with Gasteiger partial charge in [0.1, 0.15) is 29.3 Å². The first-order valence-electron chi connectivity index (χ1n) is 14.8. The third kappa shape index (κ3) is 18.1. The highest BCUT2D eigenvalue weighted by Gasteiger charge is 2.33. The third-order valence-corrected chi connectivity index (χ3v) is 5.74. The maximum atomic E-state index is 13.5. The molecular formula is C30H54N4O9. The molecular weight excluding hydrogens is 560 g/mol. The minimum absolute atomic E-state index is 0.0470. The van der Waals surface area contributed by atoms with E-state index in [0.717, 1.165) is 0 Å². The van der Waals surface area contributed by atoms with E-state index in [-0.39, 0.29) is 25.2 Å². The summed E-state index contributed by atoms with van der Waals surface area (Å²) in [5, 5.41) is 20.2. The van der Waals surface area contributed by atoms with E-state index in [9.17, 15) is 33.9 Å². The molecule has 0 aliphatic heterocycles. The predicted molar refractivity (Wildman–Crippen MR) is 160 cm³/mol. The fourth-order valence-corrected chi connectivity index (χ4v) is 3.97. The summed E-state index contributed by atoms with van der Waals surface area (Å²) >= 11 is 0. The average Bonchev–Trinajstić information content (AvgIpc) is 2.80. The number of esters is 2. The Bertz CT molecular complexity index is 968. The fourth-order valence-electron chi connectivity index (χ4n) is 3.97. The fraction of sp³-hybridized carbons (Fsp3) is 0.800. The van der Waals surface area contributed by atoms with Crippen molar-refractivity contribution in [3.05, 3.63) is 0 Å². The molecule has 0 aliphatic rings. The molecule has 4 atom stereocenters. The molecule has 0 aromatic carbocycles. The van der Waals surface area contributed by atoms with Crippen LogP contribution in [0.3, 0.4) is 0 Å². The molecule has 0 heterocycles. The highest BCUT2D eigenvalue weighted by atomic mass is 16.6. The smallest absolute Gasteiger partial charge is 0.308 e. The minimum Gasteiger partial charge on any atom is -0.460 e. The van der Waals surface area contributed by atoms with E-state index < -0.39 is 83.5 Å². The Balaban J connectivity index is 5.89. The average molecular weight is 615 g/mol. The lowest BCUT2D eigenvalue weighted by atomic mass is 10.00. The summed E-state index contributed by atoms with van der Waals surface area (Å²) in [6.07, 6.45) is -0.312. The van der Waals surface area contributed by atoms with E-state index in [4.69, 9.17) is 9.47 Å². The minimum atomic E-state index is -1.24. The molecule has 0 saturated carbocycles. The number of aliphatic hydroxyl groups excluding tert-OH is 1. The second kappa shape index (κ2) is 17.8. The lowest BCUT2D eigenvalue weighted by Gasteiger charge is -2.28. The number of hydrogen-bond donors (Lipinski definition) is 5. The summed E-state index contributed by atoms with van der Waals surface area (Å²) < 4.78 is 10.6. The predicted octanol–water partition coefficient (Wildman–Crippen LogP) is 1.49. The number of hydrogen-bond acceptors (Lipinski definition) is 9. The first-order valence-corrected chi connectivity index (χ1v) is 14.8. The largest absolute Gasteiger partial charge is 0.460 e.